The molecule has 2 aromatic carbocycles. The second-order valence-electron chi connectivity index (χ2n) is 7.25. The Kier molecular flexibility index (Phi) is 6.91. The number of hydrogen-bond donors (Lipinski definition) is 2. The lowest BCUT2D eigenvalue weighted by molar-refractivity contribution is -0.122. The van der Waals surface area contributed by atoms with Crippen molar-refractivity contribution in [3.05, 3.63) is 83.8 Å². The SMILES string of the molecule is CC(C)c1ccccc1O[C@@H](C)C(=O)Nc1ccccc1C(=O)NCc1ccco1. The van der Waals surface area contributed by atoms with E-state index in [0.717, 1.165) is 5.56 Å². The molecule has 0 saturated carbocycles. The summed E-state index contributed by atoms with van der Waals surface area (Å²) in [6, 6.07) is 18.1. The minimum Gasteiger partial charge on any atom is -0.481 e. The highest BCUT2D eigenvalue weighted by atomic mass is 16.5. The van der Waals surface area contributed by atoms with E-state index in [1.165, 1.54) is 0 Å². The van der Waals surface area contributed by atoms with Gasteiger partial charge in [-0.25, -0.2) is 0 Å². The van der Waals surface area contributed by atoms with Crippen molar-refractivity contribution in [3.8, 4) is 5.75 Å². The van der Waals surface area contributed by atoms with E-state index in [0.29, 0.717) is 22.8 Å². The van der Waals surface area contributed by atoms with E-state index in [1.54, 1.807) is 49.6 Å². The third kappa shape index (κ3) is 5.29. The van der Waals surface area contributed by atoms with Gasteiger partial charge >= 0.3 is 0 Å². The van der Waals surface area contributed by atoms with Gasteiger partial charge in [-0.3, -0.25) is 9.59 Å². The lowest BCUT2D eigenvalue weighted by Crippen LogP contribution is -2.32. The summed E-state index contributed by atoms with van der Waals surface area (Å²) >= 11 is 0. The number of benzene rings is 2. The van der Waals surface area contributed by atoms with Crippen molar-refractivity contribution in [3.63, 3.8) is 0 Å². The molecule has 1 aromatic heterocycles. The molecule has 2 amide bonds. The van der Waals surface area contributed by atoms with Crippen molar-refractivity contribution in [2.75, 3.05) is 5.32 Å². The number of para-hydroxylation sites is 2. The number of rotatable bonds is 8. The van der Waals surface area contributed by atoms with Crippen molar-refractivity contribution in [1.82, 2.24) is 5.32 Å². The molecule has 30 heavy (non-hydrogen) atoms. The fourth-order valence-corrected chi connectivity index (χ4v) is 3.01. The lowest BCUT2D eigenvalue weighted by atomic mass is 10.0. The predicted molar refractivity (Wildman–Crippen MR) is 116 cm³/mol. The van der Waals surface area contributed by atoms with Gasteiger partial charge in [0.1, 0.15) is 11.5 Å². The largest absolute Gasteiger partial charge is 0.481 e. The summed E-state index contributed by atoms with van der Waals surface area (Å²) in [5, 5.41) is 5.59. The summed E-state index contributed by atoms with van der Waals surface area (Å²) in [5.41, 5.74) is 1.83. The van der Waals surface area contributed by atoms with Crippen LogP contribution in [0.15, 0.2) is 71.3 Å². The number of amides is 2. The Hall–Kier alpha value is -3.54. The maximum absolute atomic E-state index is 12.7. The van der Waals surface area contributed by atoms with Crippen molar-refractivity contribution in [2.24, 2.45) is 0 Å². The second kappa shape index (κ2) is 9.78. The molecule has 156 valence electrons. The molecular formula is C24H26N2O4. The van der Waals surface area contributed by atoms with Crippen LogP contribution in [0.5, 0.6) is 5.75 Å². The summed E-state index contributed by atoms with van der Waals surface area (Å²) in [5.74, 6) is 0.964. The number of ether oxygens (including phenoxy) is 1. The topological polar surface area (TPSA) is 80.6 Å². The number of anilines is 1. The van der Waals surface area contributed by atoms with Crippen LogP contribution in [-0.2, 0) is 11.3 Å². The van der Waals surface area contributed by atoms with Gasteiger partial charge < -0.3 is 19.8 Å². The molecule has 3 aromatic rings. The van der Waals surface area contributed by atoms with Crippen LogP contribution in [0.1, 0.15) is 48.4 Å². The van der Waals surface area contributed by atoms with Gasteiger partial charge in [0.25, 0.3) is 11.8 Å². The first-order chi connectivity index (χ1) is 14.5. The lowest BCUT2D eigenvalue weighted by Gasteiger charge is -2.19. The quantitative estimate of drug-likeness (QED) is 0.566. The maximum atomic E-state index is 12.7. The van der Waals surface area contributed by atoms with Gasteiger partial charge in [0, 0.05) is 0 Å². The van der Waals surface area contributed by atoms with E-state index in [9.17, 15) is 9.59 Å². The Morgan fingerprint density at radius 2 is 1.70 bits per heavy atom. The molecule has 0 bridgehead atoms. The molecule has 1 atom stereocenters. The molecule has 0 spiro atoms. The molecular weight excluding hydrogens is 380 g/mol. The molecule has 0 saturated heterocycles. The number of furan rings is 1. The second-order valence-corrected chi connectivity index (χ2v) is 7.25. The Morgan fingerprint density at radius 3 is 2.43 bits per heavy atom. The summed E-state index contributed by atoms with van der Waals surface area (Å²) in [7, 11) is 0. The van der Waals surface area contributed by atoms with Gasteiger partial charge in [0.15, 0.2) is 6.10 Å². The van der Waals surface area contributed by atoms with E-state index >= 15 is 0 Å². The molecule has 0 fully saturated rings. The van der Waals surface area contributed by atoms with E-state index in [1.807, 2.05) is 24.3 Å². The van der Waals surface area contributed by atoms with Crippen LogP contribution in [0.2, 0.25) is 0 Å². The third-order valence-electron chi connectivity index (χ3n) is 4.65. The van der Waals surface area contributed by atoms with Crippen LogP contribution in [0.3, 0.4) is 0 Å². The fraction of sp³-hybridized carbons (Fsp3) is 0.250. The smallest absolute Gasteiger partial charge is 0.265 e. The fourth-order valence-electron chi connectivity index (χ4n) is 3.01. The minimum absolute atomic E-state index is 0.264. The average Bonchev–Trinajstić information content (AvgIpc) is 3.26. The number of carbonyl (C=O) groups excluding carboxylic acids is 2. The highest BCUT2D eigenvalue weighted by molar-refractivity contribution is 6.04. The maximum Gasteiger partial charge on any atom is 0.265 e. The van der Waals surface area contributed by atoms with Crippen LogP contribution in [0.25, 0.3) is 0 Å². The van der Waals surface area contributed by atoms with Gasteiger partial charge in [-0.1, -0.05) is 44.2 Å². The third-order valence-corrected chi connectivity index (χ3v) is 4.65. The number of hydrogen-bond acceptors (Lipinski definition) is 4. The minimum atomic E-state index is -0.732. The van der Waals surface area contributed by atoms with Crippen molar-refractivity contribution < 1.29 is 18.7 Å². The van der Waals surface area contributed by atoms with Crippen LogP contribution < -0.4 is 15.4 Å². The van der Waals surface area contributed by atoms with Gasteiger partial charge in [-0.05, 0) is 48.7 Å². The van der Waals surface area contributed by atoms with E-state index < -0.39 is 6.10 Å². The molecule has 0 aliphatic heterocycles. The zero-order valence-electron chi connectivity index (χ0n) is 17.3. The molecule has 0 aliphatic carbocycles. The highest BCUT2D eigenvalue weighted by Gasteiger charge is 2.20. The Balaban J connectivity index is 1.67. The van der Waals surface area contributed by atoms with Gasteiger partial charge in [-0.2, -0.15) is 0 Å². The van der Waals surface area contributed by atoms with Crippen molar-refractivity contribution in [1.29, 1.82) is 0 Å². The predicted octanol–water partition coefficient (Wildman–Crippen LogP) is 4.74. The zero-order valence-corrected chi connectivity index (χ0v) is 17.3. The molecule has 2 N–H and O–H groups in total. The summed E-state index contributed by atoms with van der Waals surface area (Å²) in [6.07, 6.45) is 0.818. The zero-order chi connectivity index (χ0) is 21.5. The van der Waals surface area contributed by atoms with Crippen LogP contribution in [-0.4, -0.2) is 17.9 Å². The summed E-state index contributed by atoms with van der Waals surface area (Å²) in [6.45, 7) is 6.10. The van der Waals surface area contributed by atoms with Gasteiger partial charge in [0.05, 0.1) is 24.1 Å². The first-order valence-electron chi connectivity index (χ1n) is 9.91. The molecule has 0 aliphatic rings. The first-order valence-corrected chi connectivity index (χ1v) is 9.91. The molecule has 0 unspecified atom stereocenters. The Morgan fingerprint density at radius 1 is 0.967 bits per heavy atom. The number of carbonyl (C=O) groups is 2. The molecule has 3 rings (SSSR count). The molecule has 6 nitrogen and oxygen atoms in total. The summed E-state index contributed by atoms with van der Waals surface area (Å²) < 4.78 is 11.1. The van der Waals surface area contributed by atoms with Gasteiger partial charge in [-0.15, -0.1) is 0 Å². The van der Waals surface area contributed by atoms with Gasteiger partial charge in [0.2, 0.25) is 0 Å². The van der Waals surface area contributed by atoms with Crippen molar-refractivity contribution >= 4 is 17.5 Å². The average molecular weight is 406 g/mol. The monoisotopic (exact) mass is 406 g/mol. The van der Waals surface area contributed by atoms with Crippen LogP contribution in [0, 0.1) is 0 Å². The first kappa shape index (κ1) is 21.2. The standard InChI is InChI=1S/C24H26N2O4/c1-16(2)19-10-5-7-13-22(19)30-17(3)23(27)26-21-12-6-4-11-20(21)24(28)25-15-18-9-8-14-29-18/h4-14,16-17H,15H2,1-3H3,(H,25,28)(H,26,27)/t17-/m0/s1. The molecule has 6 heteroatoms. The Bertz CT molecular complexity index is 996. The van der Waals surface area contributed by atoms with Crippen LogP contribution in [0.4, 0.5) is 5.69 Å². The van der Waals surface area contributed by atoms with E-state index in [2.05, 4.69) is 24.5 Å². The number of nitrogens with one attached hydrogen (secondary N) is 2. The van der Waals surface area contributed by atoms with E-state index in [-0.39, 0.29) is 24.3 Å². The highest BCUT2D eigenvalue weighted by Crippen LogP contribution is 2.27. The molecule has 1 heterocycles. The normalized spacial score (nSPS) is 11.7. The molecule has 0 radical (unpaired) electrons. The summed E-state index contributed by atoms with van der Waals surface area (Å²) in [4.78, 5) is 25.3. The van der Waals surface area contributed by atoms with E-state index in [4.69, 9.17) is 9.15 Å². The van der Waals surface area contributed by atoms with Crippen molar-refractivity contribution in [2.45, 2.75) is 39.3 Å². The van der Waals surface area contributed by atoms with Crippen LogP contribution >= 0.6 is 0 Å². The Labute approximate surface area is 176 Å².